The van der Waals surface area contributed by atoms with E-state index in [1.807, 2.05) is 30.3 Å². The SMILES string of the molecule is O=C(NCc1ccccn1)[C@@H]1CN(Cc2ccco2)C[C@H]2OCC[C@H]21.O=C(O)C(F)(F)F.O=C(O)C(F)(F)F. The normalized spacial score (nSPS) is 20.9. The predicted molar refractivity (Wildman–Crippen MR) is 119 cm³/mol. The number of carboxylic acid groups (broad SMARTS) is 2. The molecule has 2 aliphatic heterocycles. The number of amides is 1. The minimum Gasteiger partial charge on any atom is -0.475 e. The van der Waals surface area contributed by atoms with E-state index in [0.29, 0.717) is 19.0 Å². The summed E-state index contributed by atoms with van der Waals surface area (Å²) in [6.07, 6.45) is -5.64. The highest BCUT2D eigenvalue weighted by Crippen LogP contribution is 2.34. The monoisotopic (exact) mass is 569 g/mol. The van der Waals surface area contributed by atoms with E-state index in [1.165, 1.54) is 0 Å². The number of carbonyl (C=O) groups excluding carboxylic acids is 1. The van der Waals surface area contributed by atoms with Gasteiger partial charge in [0.05, 0.1) is 37.1 Å². The molecule has 3 N–H and O–H groups in total. The molecule has 4 rings (SSSR count). The molecule has 1 amide bonds. The van der Waals surface area contributed by atoms with E-state index < -0.39 is 24.3 Å². The number of pyridine rings is 1. The van der Waals surface area contributed by atoms with Crippen LogP contribution in [0.15, 0.2) is 47.2 Å². The molecule has 0 aromatic carbocycles. The number of nitrogens with zero attached hydrogens (tertiary/aromatic N) is 2. The Kier molecular flexibility index (Phi) is 11.3. The Balaban J connectivity index is 0.000000317. The molecule has 4 heterocycles. The van der Waals surface area contributed by atoms with Crippen LogP contribution in [0.25, 0.3) is 0 Å². The van der Waals surface area contributed by atoms with Gasteiger partial charge in [-0.3, -0.25) is 14.7 Å². The van der Waals surface area contributed by atoms with Crippen LogP contribution in [-0.4, -0.2) is 76.1 Å². The second-order valence-corrected chi connectivity index (χ2v) is 8.39. The van der Waals surface area contributed by atoms with Crippen LogP contribution >= 0.6 is 0 Å². The van der Waals surface area contributed by atoms with Crippen molar-refractivity contribution in [3.8, 4) is 0 Å². The van der Waals surface area contributed by atoms with Gasteiger partial charge >= 0.3 is 24.3 Å². The number of halogens is 6. The quantitative estimate of drug-likeness (QED) is 0.463. The summed E-state index contributed by atoms with van der Waals surface area (Å²) >= 11 is 0. The fraction of sp³-hybridized carbons (Fsp3) is 0.478. The number of alkyl halides is 6. The first-order valence-corrected chi connectivity index (χ1v) is 11.3. The number of ether oxygens (including phenoxy) is 1. The van der Waals surface area contributed by atoms with Crippen molar-refractivity contribution in [2.75, 3.05) is 19.7 Å². The number of carboxylic acids is 2. The summed E-state index contributed by atoms with van der Waals surface area (Å²) in [6, 6.07) is 9.59. The number of furan rings is 1. The number of piperidine rings is 1. The highest BCUT2D eigenvalue weighted by atomic mass is 19.4. The molecule has 10 nitrogen and oxygen atoms in total. The van der Waals surface area contributed by atoms with Crippen molar-refractivity contribution in [3.63, 3.8) is 0 Å². The summed E-state index contributed by atoms with van der Waals surface area (Å²) in [5.41, 5.74) is 0.873. The smallest absolute Gasteiger partial charge is 0.475 e. The fourth-order valence-electron chi connectivity index (χ4n) is 3.90. The number of fused-ring (bicyclic) bond motifs is 1. The molecule has 2 fully saturated rings. The molecule has 0 saturated carbocycles. The summed E-state index contributed by atoms with van der Waals surface area (Å²) in [5.74, 6) is -4.25. The van der Waals surface area contributed by atoms with E-state index >= 15 is 0 Å². The Morgan fingerprint density at radius 3 is 2.15 bits per heavy atom. The topological polar surface area (TPSA) is 142 Å². The van der Waals surface area contributed by atoms with Gasteiger partial charge in [-0.1, -0.05) is 6.07 Å². The number of nitrogens with one attached hydrogen (secondary N) is 1. The number of aromatic nitrogens is 1. The van der Waals surface area contributed by atoms with Crippen molar-refractivity contribution >= 4 is 17.8 Å². The van der Waals surface area contributed by atoms with Crippen molar-refractivity contribution < 1.29 is 60.1 Å². The van der Waals surface area contributed by atoms with Crippen LogP contribution < -0.4 is 5.32 Å². The first kappa shape index (κ1) is 31.6. The number of hydrogen-bond donors (Lipinski definition) is 3. The van der Waals surface area contributed by atoms with E-state index in [-0.39, 0.29) is 17.9 Å². The lowest BCUT2D eigenvalue weighted by Gasteiger charge is -2.38. The zero-order chi connectivity index (χ0) is 29.2. The van der Waals surface area contributed by atoms with E-state index in [1.54, 1.807) is 12.5 Å². The van der Waals surface area contributed by atoms with Gasteiger partial charge in [-0.2, -0.15) is 26.3 Å². The van der Waals surface area contributed by atoms with Crippen molar-refractivity contribution in [1.29, 1.82) is 0 Å². The minimum absolute atomic E-state index is 0.0556. The third-order valence-corrected chi connectivity index (χ3v) is 5.62. The maximum Gasteiger partial charge on any atom is 0.490 e. The zero-order valence-corrected chi connectivity index (χ0v) is 20.1. The summed E-state index contributed by atoms with van der Waals surface area (Å²) in [7, 11) is 0. The zero-order valence-electron chi connectivity index (χ0n) is 20.1. The first-order valence-electron chi connectivity index (χ1n) is 11.3. The van der Waals surface area contributed by atoms with E-state index in [4.69, 9.17) is 29.0 Å². The van der Waals surface area contributed by atoms with Gasteiger partial charge in [-0.15, -0.1) is 0 Å². The van der Waals surface area contributed by atoms with E-state index in [2.05, 4.69) is 15.2 Å². The fourth-order valence-corrected chi connectivity index (χ4v) is 3.90. The van der Waals surface area contributed by atoms with Crippen LogP contribution in [0.4, 0.5) is 26.3 Å². The lowest BCUT2D eigenvalue weighted by Crippen LogP contribution is -2.52. The molecule has 16 heteroatoms. The third-order valence-electron chi connectivity index (χ3n) is 5.62. The molecule has 39 heavy (non-hydrogen) atoms. The van der Waals surface area contributed by atoms with Gasteiger partial charge in [-0.25, -0.2) is 9.59 Å². The third kappa shape index (κ3) is 10.6. The molecule has 216 valence electrons. The molecule has 0 bridgehead atoms. The number of carbonyl (C=O) groups is 3. The Bertz CT molecular complexity index is 1040. The van der Waals surface area contributed by atoms with E-state index in [9.17, 15) is 31.1 Å². The Hall–Kier alpha value is -3.66. The Labute approximate surface area is 217 Å². The van der Waals surface area contributed by atoms with Gasteiger partial charge in [0.25, 0.3) is 0 Å². The van der Waals surface area contributed by atoms with Crippen LogP contribution in [-0.2, 0) is 32.2 Å². The molecule has 0 spiro atoms. The number of aliphatic carboxylic acids is 2. The molecule has 3 atom stereocenters. The first-order chi connectivity index (χ1) is 18.2. The highest BCUT2D eigenvalue weighted by molar-refractivity contribution is 5.79. The Morgan fingerprint density at radius 1 is 1.00 bits per heavy atom. The highest BCUT2D eigenvalue weighted by Gasteiger charge is 2.44. The second-order valence-electron chi connectivity index (χ2n) is 8.39. The van der Waals surface area contributed by atoms with E-state index in [0.717, 1.165) is 37.6 Å². The van der Waals surface area contributed by atoms with Gasteiger partial charge in [-0.05, 0) is 30.7 Å². The molecule has 0 aliphatic carbocycles. The summed E-state index contributed by atoms with van der Waals surface area (Å²) in [6.45, 7) is 3.51. The molecule has 2 saturated heterocycles. The van der Waals surface area contributed by atoms with Gasteiger partial charge in [0, 0.05) is 31.8 Å². The summed E-state index contributed by atoms with van der Waals surface area (Å²) in [5, 5.41) is 17.3. The molecule has 2 aromatic rings. The van der Waals surface area contributed by atoms with Gasteiger partial charge in [0.2, 0.25) is 5.91 Å². The van der Waals surface area contributed by atoms with Crippen LogP contribution in [0.2, 0.25) is 0 Å². The predicted octanol–water partition coefficient (Wildman–Crippen LogP) is 3.09. The number of hydrogen-bond acceptors (Lipinski definition) is 7. The maximum absolute atomic E-state index is 12.8. The van der Waals surface area contributed by atoms with Gasteiger partial charge in [0.1, 0.15) is 5.76 Å². The van der Waals surface area contributed by atoms with Crippen LogP contribution in [0, 0.1) is 11.8 Å². The van der Waals surface area contributed by atoms with Crippen molar-refractivity contribution in [2.24, 2.45) is 11.8 Å². The number of likely N-dealkylation sites (tertiary alicyclic amines) is 1. The average molecular weight is 569 g/mol. The second kappa shape index (κ2) is 13.9. The van der Waals surface area contributed by atoms with Gasteiger partial charge < -0.3 is 24.7 Å². The standard InChI is InChI=1S/C19H23N3O3.2C2HF3O2/c23-19(21-10-14-4-1-2-7-20-14)17-12-22(11-15-5-3-8-24-15)13-18-16(17)6-9-25-18;2*3-2(4,5)1(6)7/h1-5,7-8,16-18H,6,9-13H2,(H,21,23);2*(H,6,7)/t16-,17+,18+;;/m0../s1. The van der Waals surface area contributed by atoms with Crippen molar-refractivity contribution in [1.82, 2.24) is 15.2 Å². The summed E-state index contributed by atoms with van der Waals surface area (Å²) in [4.78, 5) is 37.1. The molecule has 2 aliphatic rings. The summed E-state index contributed by atoms with van der Waals surface area (Å²) < 4.78 is 74.8. The average Bonchev–Trinajstić information content (AvgIpc) is 3.54. The Morgan fingerprint density at radius 2 is 1.64 bits per heavy atom. The molecule has 2 aromatic heterocycles. The molecule has 0 unspecified atom stereocenters. The van der Waals surface area contributed by atoms with Crippen molar-refractivity contribution in [2.45, 2.75) is 38.0 Å². The molecule has 0 radical (unpaired) electrons. The van der Waals surface area contributed by atoms with Crippen LogP contribution in [0.3, 0.4) is 0 Å². The minimum atomic E-state index is -5.08. The largest absolute Gasteiger partial charge is 0.490 e. The maximum atomic E-state index is 12.8. The molecular formula is C23H25F6N3O7. The lowest BCUT2D eigenvalue weighted by molar-refractivity contribution is -0.193. The molecular weight excluding hydrogens is 544 g/mol. The number of rotatable bonds is 5. The van der Waals surface area contributed by atoms with Crippen molar-refractivity contribution in [3.05, 3.63) is 54.2 Å². The van der Waals surface area contributed by atoms with Crippen LogP contribution in [0.5, 0.6) is 0 Å². The lowest BCUT2D eigenvalue weighted by atomic mass is 9.82. The van der Waals surface area contributed by atoms with Crippen LogP contribution in [0.1, 0.15) is 17.9 Å². The van der Waals surface area contributed by atoms with Gasteiger partial charge in [0.15, 0.2) is 0 Å².